The molecule has 0 fully saturated rings. The van der Waals surface area contributed by atoms with Crippen LogP contribution in [0.4, 0.5) is 0 Å². The van der Waals surface area contributed by atoms with Crippen molar-refractivity contribution in [1.82, 2.24) is 0 Å². The van der Waals surface area contributed by atoms with Crippen molar-refractivity contribution in [1.29, 1.82) is 0 Å². The molecule has 0 aliphatic rings. The van der Waals surface area contributed by atoms with Gasteiger partial charge in [0.1, 0.15) is 5.75 Å². The average molecular weight is 260 g/mol. The van der Waals surface area contributed by atoms with Crippen LogP contribution in [0.2, 0.25) is 0 Å². The molecule has 0 bridgehead atoms. The highest BCUT2D eigenvalue weighted by molar-refractivity contribution is 5.76. The lowest BCUT2D eigenvalue weighted by Crippen LogP contribution is -2.42. The molecule has 98 valence electrons. The summed E-state index contributed by atoms with van der Waals surface area (Å²) in [4.78, 5) is 0. The quantitative estimate of drug-likeness (QED) is 0.328. The van der Waals surface area contributed by atoms with Crippen LogP contribution in [-0.4, -0.2) is 15.5 Å². The highest BCUT2D eigenvalue weighted by Crippen LogP contribution is 2.16. The Labute approximate surface area is 110 Å². The van der Waals surface area contributed by atoms with E-state index in [2.05, 4.69) is 0 Å². The second kappa shape index (κ2) is 4.97. The number of aromatic nitrogens is 2. The molecule has 5 nitrogen and oxygen atoms in total. The van der Waals surface area contributed by atoms with Gasteiger partial charge in [0.25, 0.3) is 0 Å². The molecular weight excluding hydrogens is 244 g/mol. The van der Waals surface area contributed by atoms with Gasteiger partial charge in [-0.05, 0) is 6.07 Å². The first-order valence-electron chi connectivity index (χ1n) is 6.08. The smallest absolute Gasteiger partial charge is 0.337 e. The first-order chi connectivity index (χ1) is 9.18. The van der Waals surface area contributed by atoms with Crippen molar-refractivity contribution in [3.05, 3.63) is 42.5 Å². The number of hydrogen-bond donors (Lipinski definition) is 3. The molecule has 0 saturated carbocycles. The van der Waals surface area contributed by atoms with Gasteiger partial charge in [0.2, 0.25) is 0 Å². The van der Waals surface area contributed by atoms with Gasteiger partial charge in [0, 0.05) is 27.7 Å². The normalized spacial score (nSPS) is 10.2. The Bertz CT molecular complexity index is 741. The van der Waals surface area contributed by atoms with Gasteiger partial charge < -0.3 is 5.11 Å². The molecule has 2 aromatic carbocycles. The van der Waals surface area contributed by atoms with Gasteiger partial charge in [-0.15, -0.1) is 0 Å². The molecular formula is C14H16N2O3+2. The van der Waals surface area contributed by atoms with Crippen LogP contribution in [0.1, 0.15) is 13.8 Å². The average Bonchev–Trinajstić information content (AvgIpc) is 2.47. The molecule has 0 atom stereocenters. The zero-order valence-electron chi connectivity index (χ0n) is 10.8. The second-order valence-electron chi connectivity index (χ2n) is 3.79. The maximum Gasteiger partial charge on any atom is 0.337 e. The Morgan fingerprint density at radius 2 is 1.21 bits per heavy atom. The van der Waals surface area contributed by atoms with Crippen molar-refractivity contribution in [2.75, 3.05) is 0 Å². The van der Waals surface area contributed by atoms with Crippen molar-refractivity contribution < 1.29 is 25.0 Å². The Hall–Kier alpha value is -2.56. The Morgan fingerprint density at radius 1 is 0.737 bits per heavy atom. The molecule has 3 N–H and O–H groups in total. The first-order valence-corrected chi connectivity index (χ1v) is 6.08. The molecule has 0 unspecified atom stereocenters. The SMILES string of the molecule is CC.Oc1ccc2c(c1)[n+](O)c1ccccc1[n+]2O. The molecule has 1 aromatic heterocycles. The van der Waals surface area contributed by atoms with E-state index in [0.29, 0.717) is 22.1 Å². The summed E-state index contributed by atoms with van der Waals surface area (Å²) in [6.07, 6.45) is 0. The van der Waals surface area contributed by atoms with E-state index >= 15 is 0 Å². The van der Waals surface area contributed by atoms with E-state index in [1.165, 1.54) is 18.2 Å². The summed E-state index contributed by atoms with van der Waals surface area (Å²) in [5, 5.41) is 29.5. The lowest BCUT2D eigenvalue weighted by molar-refractivity contribution is -0.894. The minimum absolute atomic E-state index is 0.0237. The van der Waals surface area contributed by atoms with Crippen LogP contribution in [0.25, 0.3) is 22.1 Å². The third-order valence-corrected chi connectivity index (χ3v) is 2.75. The fourth-order valence-corrected chi connectivity index (χ4v) is 1.94. The third kappa shape index (κ3) is 1.99. The molecule has 3 rings (SSSR count). The molecule has 19 heavy (non-hydrogen) atoms. The summed E-state index contributed by atoms with van der Waals surface area (Å²) in [5.74, 6) is 0.0237. The van der Waals surface area contributed by atoms with E-state index in [4.69, 9.17) is 0 Å². The highest BCUT2D eigenvalue weighted by Gasteiger charge is 2.27. The van der Waals surface area contributed by atoms with E-state index < -0.39 is 0 Å². The number of phenols is 1. The van der Waals surface area contributed by atoms with Crippen LogP contribution >= 0.6 is 0 Å². The van der Waals surface area contributed by atoms with Crippen LogP contribution in [0.15, 0.2) is 42.5 Å². The zero-order chi connectivity index (χ0) is 14.0. The highest BCUT2D eigenvalue weighted by atomic mass is 16.5. The van der Waals surface area contributed by atoms with Crippen LogP contribution in [0, 0.1) is 0 Å². The summed E-state index contributed by atoms with van der Waals surface area (Å²) < 4.78 is 1.92. The second-order valence-corrected chi connectivity index (χ2v) is 3.79. The largest absolute Gasteiger partial charge is 0.508 e. The lowest BCUT2D eigenvalue weighted by atomic mass is 10.2. The number of fused-ring (bicyclic) bond motifs is 2. The van der Waals surface area contributed by atoms with Gasteiger partial charge in [0.05, 0.1) is 6.07 Å². The first kappa shape index (κ1) is 12.9. The predicted octanol–water partition coefficient (Wildman–Crippen LogP) is 1.77. The standard InChI is InChI=1S/C12H9N2O3.C2H6/c15-8-5-6-11-12(7-8)14(17)10-4-2-1-3-9(10)13(11)16;1-2/h1-7,17H,(H,15,16);1-2H3/q+1;/p+1. The molecule has 0 amide bonds. The molecule has 5 heteroatoms. The predicted molar refractivity (Wildman–Crippen MR) is 69.2 cm³/mol. The van der Waals surface area contributed by atoms with E-state index in [-0.39, 0.29) is 5.75 Å². The number of benzene rings is 2. The van der Waals surface area contributed by atoms with Crippen LogP contribution in [0.3, 0.4) is 0 Å². The van der Waals surface area contributed by atoms with E-state index in [9.17, 15) is 15.5 Å². The molecule has 1 heterocycles. The van der Waals surface area contributed by atoms with Gasteiger partial charge in [-0.25, -0.2) is 0 Å². The number of nitrogens with zero attached hydrogens (tertiary/aromatic N) is 2. The van der Waals surface area contributed by atoms with E-state index in [0.717, 1.165) is 9.46 Å². The summed E-state index contributed by atoms with van der Waals surface area (Å²) in [6, 6.07) is 11.2. The van der Waals surface area contributed by atoms with Gasteiger partial charge in [-0.2, -0.15) is 0 Å². The van der Waals surface area contributed by atoms with E-state index in [1.807, 2.05) is 13.8 Å². The third-order valence-electron chi connectivity index (χ3n) is 2.75. The lowest BCUT2D eigenvalue weighted by Gasteiger charge is -1.96. The number of hydrogen-bond acceptors (Lipinski definition) is 3. The summed E-state index contributed by atoms with van der Waals surface area (Å²) >= 11 is 0. The Balaban J connectivity index is 0.000000637. The number of aromatic hydroxyl groups is 1. The minimum Gasteiger partial charge on any atom is -0.508 e. The van der Waals surface area contributed by atoms with E-state index in [1.54, 1.807) is 24.3 Å². The minimum atomic E-state index is 0.0237. The molecule has 0 aliphatic heterocycles. The number of phenolic OH excluding ortho intramolecular Hbond substituents is 1. The number of rotatable bonds is 0. The van der Waals surface area contributed by atoms with Gasteiger partial charge in [-0.1, -0.05) is 26.0 Å². The fourth-order valence-electron chi connectivity index (χ4n) is 1.94. The van der Waals surface area contributed by atoms with Gasteiger partial charge >= 0.3 is 22.1 Å². The Morgan fingerprint density at radius 3 is 1.79 bits per heavy atom. The fraction of sp³-hybridized carbons (Fsp3) is 0.143. The van der Waals surface area contributed by atoms with Crippen molar-refractivity contribution >= 4 is 22.1 Å². The Kier molecular flexibility index (Phi) is 3.37. The monoisotopic (exact) mass is 260 g/mol. The van der Waals surface area contributed by atoms with Crippen molar-refractivity contribution in [2.45, 2.75) is 13.8 Å². The molecule has 3 aromatic rings. The zero-order valence-corrected chi connectivity index (χ0v) is 10.8. The summed E-state index contributed by atoms with van der Waals surface area (Å²) in [6.45, 7) is 4.00. The molecule has 0 radical (unpaired) electrons. The molecule has 0 aliphatic carbocycles. The maximum absolute atomic E-state index is 10.0. The van der Waals surface area contributed by atoms with Gasteiger partial charge in [-0.3, -0.25) is 10.4 Å². The molecule has 0 saturated heterocycles. The van der Waals surface area contributed by atoms with Crippen LogP contribution < -0.4 is 9.46 Å². The van der Waals surface area contributed by atoms with Crippen LogP contribution in [-0.2, 0) is 0 Å². The van der Waals surface area contributed by atoms with Crippen molar-refractivity contribution in [2.24, 2.45) is 0 Å². The summed E-state index contributed by atoms with van der Waals surface area (Å²) in [7, 11) is 0. The topological polar surface area (TPSA) is 68.5 Å². The van der Waals surface area contributed by atoms with Crippen molar-refractivity contribution in [3.63, 3.8) is 0 Å². The summed E-state index contributed by atoms with van der Waals surface area (Å²) in [5.41, 5.74) is 1.66. The maximum atomic E-state index is 10.0. The van der Waals surface area contributed by atoms with Crippen LogP contribution in [0.5, 0.6) is 5.75 Å². The number of para-hydroxylation sites is 2. The van der Waals surface area contributed by atoms with Crippen molar-refractivity contribution in [3.8, 4) is 5.75 Å². The molecule has 0 spiro atoms. The van der Waals surface area contributed by atoms with Gasteiger partial charge in [0.15, 0.2) is 0 Å².